The Kier molecular flexibility index (Phi) is 1.29. The first kappa shape index (κ1) is 6.01. The van der Waals surface area contributed by atoms with Crippen molar-refractivity contribution in [3.05, 3.63) is 0 Å². The summed E-state index contributed by atoms with van der Waals surface area (Å²) in [7, 11) is 0. The van der Waals surface area contributed by atoms with Crippen LogP contribution in [0.5, 0.6) is 0 Å². The van der Waals surface area contributed by atoms with Gasteiger partial charge in [-0.3, -0.25) is 0 Å². The molecule has 10 heavy (non-hydrogen) atoms. The Morgan fingerprint density at radius 3 is 3.30 bits per heavy atom. The van der Waals surface area contributed by atoms with E-state index in [0.29, 0.717) is 18.6 Å². The summed E-state index contributed by atoms with van der Waals surface area (Å²) in [5.74, 6) is 0.595. The molecular formula is C7H11NO2. The minimum atomic E-state index is -0.233. The third kappa shape index (κ3) is 0.856. The van der Waals surface area contributed by atoms with Crippen LogP contribution in [0, 0.1) is 5.92 Å². The summed E-state index contributed by atoms with van der Waals surface area (Å²) in [6.07, 6.45) is 3.35. The predicted molar refractivity (Wildman–Crippen MR) is 35.6 cm³/mol. The molecule has 0 aromatic carbocycles. The molecule has 1 aliphatic heterocycles. The number of ether oxygens (including phenoxy) is 1. The van der Waals surface area contributed by atoms with E-state index in [2.05, 4.69) is 5.32 Å². The van der Waals surface area contributed by atoms with Crippen LogP contribution in [0.1, 0.15) is 19.3 Å². The van der Waals surface area contributed by atoms with Crippen molar-refractivity contribution in [2.45, 2.75) is 25.3 Å². The molecule has 0 aromatic heterocycles. The minimum Gasteiger partial charge on any atom is -0.449 e. The molecule has 2 rings (SSSR count). The first-order chi connectivity index (χ1) is 4.86. The topological polar surface area (TPSA) is 38.3 Å². The standard InChI is InChI=1S/C7H11NO2/c9-7-8-6-3-1-2-5(6)4-10-7/h5-6H,1-4H2,(H,8,9)/t5-,6-/m1/s1. The second-order valence-corrected chi connectivity index (χ2v) is 3.04. The van der Waals surface area contributed by atoms with Gasteiger partial charge in [-0.1, -0.05) is 6.42 Å². The summed E-state index contributed by atoms with van der Waals surface area (Å²) in [5.41, 5.74) is 0. The van der Waals surface area contributed by atoms with Crippen molar-refractivity contribution < 1.29 is 9.53 Å². The van der Waals surface area contributed by atoms with Crippen molar-refractivity contribution in [3.8, 4) is 0 Å². The summed E-state index contributed by atoms with van der Waals surface area (Å²) >= 11 is 0. The number of alkyl carbamates (subject to hydrolysis) is 1. The molecule has 1 saturated heterocycles. The van der Waals surface area contributed by atoms with Crippen LogP contribution in [0.15, 0.2) is 0 Å². The van der Waals surface area contributed by atoms with Crippen molar-refractivity contribution >= 4 is 6.09 Å². The molecule has 0 spiro atoms. The molecule has 56 valence electrons. The van der Waals surface area contributed by atoms with E-state index in [9.17, 15) is 4.79 Å². The largest absolute Gasteiger partial charge is 0.449 e. The van der Waals surface area contributed by atoms with E-state index in [1.54, 1.807) is 0 Å². The molecule has 3 nitrogen and oxygen atoms in total. The molecule has 0 radical (unpaired) electrons. The quantitative estimate of drug-likeness (QED) is 0.544. The number of amides is 1. The summed E-state index contributed by atoms with van der Waals surface area (Å²) in [4.78, 5) is 10.7. The number of fused-ring (bicyclic) bond motifs is 1. The molecule has 2 aliphatic rings. The maximum atomic E-state index is 10.7. The molecule has 1 heterocycles. The van der Waals surface area contributed by atoms with Crippen LogP contribution in [0.3, 0.4) is 0 Å². The van der Waals surface area contributed by atoms with Gasteiger partial charge in [0.05, 0.1) is 6.61 Å². The number of nitrogens with one attached hydrogen (secondary N) is 1. The Hall–Kier alpha value is -0.730. The van der Waals surface area contributed by atoms with Crippen molar-refractivity contribution in [1.82, 2.24) is 5.32 Å². The van der Waals surface area contributed by atoms with Gasteiger partial charge < -0.3 is 10.1 Å². The summed E-state index contributed by atoms with van der Waals surface area (Å²) in [6, 6.07) is 0.418. The smallest absolute Gasteiger partial charge is 0.407 e. The third-order valence-corrected chi connectivity index (χ3v) is 2.39. The maximum absolute atomic E-state index is 10.7. The fourth-order valence-corrected chi connectivity index (χ4v) is 1.80. The summed E-state index contributed by atoms with van der Waals surface area (Å²) in [6.45, 7) is 0.635. The monoisotopic (exact) mass is 141 g/mol. The van der Waals surface area contributed by atoms with E-state index < -0.39 is 0 Å². The number of rotatable bonds is 0. The first-order valence-electron chi connectivity index (χ1n) is 3.79. The normalized spacial score (nSPS) is 38.2. The number of hydrogen-bond donors (Lipinski definition) is 1. The lowest BCUT2D eigenvalue weighted by molar-refractivity contribution is 0.0901. The van der Waals surface area contributed by atoms with Crippen LogP contribution in [-0.2, 0) is 4.74 Å². The van der Waals surface area contributed by atoms with Crippen molar-refractivity contribution in [1.29, 1.82) is 0 Å². The lowest BCUT2D eigenvalue weighted by Gasteiger charge is -2.25. The van der Waals surface area contributed by atoms with Crippen LogP contribution in [0.25, 0.3) is 0 Å². The van der Waals surface area contributed by atoms with Crippen molar-refractivity contribution in [3.63, 3.8) is 0 Å². The highest BCUT2D eigenvalue weighted by Crippen LogP contribution is 2.27. The highest BCUT2D eigenvalue weighted by atomic mass is 16.6. The summed E-state index contributed by atoms with van der Waals surface area (Å²) in [5, 5.41) is 2.82. The zero-order valence-electron chi connectivity index (χ0n) is 5.80. The van der Waals surface area contributed by atoms with Crippen LogP contribution < -0.4 is 5.32 Å². The molecule has 1 N–H and O–H groups in total. The fraction of sp³-hybridized carbons (Fsp3) is 0.857. The number of carbonyl (C=O) groups excluding carboxylic acids is 1. The average Bonchev–Trinajstić information content (AvgIpc) is 2.33. The molecule has 2 atom stereocenters. The summed E-state index contributed by atoms with van der Waals surface area (Å²) < 4.78 is 4.84. The van der Waals surface area contributed by atoms with Crippen molar-refractivity contribution in [2.75, 3.05) is 6.61 Å². The van der Waals surface area contributed by atoms with Gasteiger partial charge in [0.2, 0.25) is 0 Å². The molecule has 0 unspecified atom stereocenters. The van der Waals surface area contributed by atoms with Gasteiger partial charge in [0.15, 0.2) is 0 Å². The molecule has 0 bridgehead atoms. The second-order valence-electron chi connectivity index (χ2n) is 3.04. The van der Waals surface area contributed by atoms with Gasteiger partial charge in [-0.15, -0.1) is 0 Å². The number of carbonyl (C=O) groups is 1. The van der Waals surface area contributed by atoms with Crippen molar-refractivity contribution in [2.24, 2.45) is 5.92 Å². The minimum absolute atomic E-state index is 0.233. The van der Waals surface area contributed by atoms with Gasteiger partial charge in [0.25, 0.3) is 0 Å². The van der Waals surface area contributed by atoms with Gasteiger partial charge in [-0.2, -0.15) is 0 Å². The molecule has 2 fully saturated rings. The highest BCUT2D eigenvalue weighted by molar-refractivity contribution is 5.68. The molecule has 1 amide bonds. The predicted octanol–water partition coefficient (Wildman–Crippen LogP) is 0.895. The zero-order chi connectivity index (χ0) is 6.97. The fourth-order valence-electron chi connectivity index (χ4n) is 1.80. The van der Waals surface area contributed by atoms with Gasteiger partial charge in [-0.25, -0.2) is 4.79 Å². The van der Waals surface area contributed by atoms with E-state index >= 15 is 0 Å². The van der Waals surface area contributed by atoms with E-state index in [-0.39, 0.29) is 6.09 Å². The zero-order valence-corrected chi connectivity index (χ0v) is 5.80. The molecular weight excluding hydrogens is 130 g/mol. The van der Waals surface area contributed by atoms with E-state index in [0.717, 1.165) is 6.42 Å². The molecule has 3 heteroatoms. The van der Waals surface area contributed by atoms with Gasteiger partial charge in [-0.05, 0) is 12.8 Å². The Morgan fingerprint density at radius 1 is 1.50 bits per heavy atom. The molecule has 1 saturated carbocycles. The Labute approximate surface area is 59.7 Å². The van der Waals surface area contributed by atoms with Crippen LogP contribution in [0.2, 0.25) is 0 Å². The van der Waals surface area contributed by atoms with E-state index in [1.165, 1.54) is 12.8 Å². The van der Waals surface area contributed by atoms with E-state index in [4.69, 9.17) is 4.74 Å². The van der Waals surface area contributed by atoms with Crippen LogP contribution in [0.4, 0.5) is 4.79 Å². The Morgan fingerprint density at radius 2 is 2.40 bits per heavy atom. The number of cyclic esters (lactones) is 1. The first-order valence-corrected chi connectivity index (χ1v) is 3.79. The lowest BCUT2D eigenvalue weighted by Crippen LogP contribution is -2.44. The second kappa shape index (κ2) is 2.15. The Bertz CT molecular complexity index is 158. The Balaban J connectivity index is 2.03. The van der Waals surface area contributed by atoms with Gasteiger partial charge in [0.1, 0.15) is 0 Å². The lowest BCUT2D eigenvalue weighted by atomic mass is 10.0. The highest BCUT2D eigenvalue weighted by Gasteiger charge is 2.33. The molecule has 0 aromatic rings. The van der Waals surface area contributed by atoms with Gasteiger partial charge >= 0.3 is 6.09 Å². The van der Waals surface area contributed by atoms with E-state index in [1.807, 2.05) is 0 Å². The number of hydrogen-bond acceptors (Lipinski definition) is 2. The van der Waals surface area contributed by atoms with Crippen LogP contribution >= 0.6 is 0 Å². The SMILES string of the molecule is O=C1N[C@@H]2CCC[C@@H]2CO1. The molecule has 1 aliphatic carbocycles. The van der Waals surface area contributed by atoms with Gasteiger partial charge in [0, 0.05) is 12.0 Å². The average molecular weight is 141 g/mol. The maximum Gasteiger partial charge on any atom is 0.407 e. The third-order valence-electron chi connectivity index (χ3n) is 2.39. The van der Waals surface area contributed by atoms with Crippen LogP contribution in [-0.4, -0.2) is 18.7 Å².